The predicted molar refractivity (Wildman–Crippen MR) is 155 cm³/mol. The highest BCUT2D eigenvalue weighted by molar-refractivity contribution is 6.66. The van der Waals surface area contributed by atoms with Crippen molar-refractivity contribution in [2.24, 2.45) is 0 Å². The van der Waals surface area contributed by atoms with Gasteiger partial charge in [-0.1, -0.05) is 18.2 Å². The maximum Gasteiger partial charge on any atom is 0.245 e. The number of hydrogen-bond donors (Lipinski definition) is 2. The molecule has 0 aliphatic heterocycles. The number of carbonyl (C=O) groups excluding carboxylic acids is 1. The molecule has 4 rings (SSSR count). The molecular formula is C28H30ClN7O2. The summed E-state index contributed by atoms with van der Waals surface area (Å²) < 4.78 is 5.65. The van der Waals surface area contributed by atoms with Crippen LogP contribution in [0.3, 0.4) is 0 Å². The topological polar surface area (TPSA) is 110 Å². The lowest BCUT2D eigenvalue weighted by atomic mass is 10.0. The van der Waals surface area contributed by atoms with Gasteiger partial charge in [0.1, 0.15) is 5.75 Å². The quantitative estimate of drug-likeness (QED) is 0.169. The van der Waals surface area contributed by atoms with Crippen LogP contribution in [0.4, 0.5) is 23.0 Å². The number of halogens is 1. The van der Waals surface area contributed by atoms with E-state index in [9.17, 15) is 4.79 Å². The van der Waals surface area contributed by atoms with Gasteiger partial charge in [0, 0.05) is 55.7 Å². The van der Waals surface area contributed by atoms with Crippen LogP contribution in [0.25, 0.3) is 28.1 Å². The van der Waals surface area contributed by atoms with E-state index >= 15 is 0 Å². The number of nitrogens with zero attached hydrogens (tertiary/aromatic N) is 5. The molecule has 0 spiro atoms. The van der Waals surface area contributed by atoms with E-state index in [0.29, 0.717) is 28.8 Å². The molecule has 0 atom stereocenters. The van der Waals surface area contributed by atoms with Crippen molar-refractivity contribution in [3.63, 3.8) is 0 Å². The van der Waals surface area contributed by atoms with Gasteiger partial charge in [0.15, 0.2) is 0 Å². The average Bonchev–Trinajstić information content (AvgIpc) is 2.90. The fourth-order valence-electron chi connectivity index (χ4n) is 3.99. The number of benzene rings is 2. The molecule has 0 saturated heterocycles. The number of carbonyl (C=O) groups is 1. The standard InChI is InChI=1S/C28H30ClN7O2/c1-35(2)11-12-36(3)25-15-26(38-4)24(14-22(25)30)34-28-32-10-9-23(33-28)21-17-31-16-19-7-5-18(13-20(19)21)6-8-27(29)37/h5-10,13-17H,11-12,30H2,1-4H3,(H,32,33,34)/b8-6+. The van der Waals surface area contributed by atoms with Crippen molar-refractivity contribution in [2.75, 3.05) is 57.3 Å². The highest BCUT2D eigenvalue weighted by atomic mass is 35.5. The average molecular weight is 532 g/mol. The van der Waals surface area contributed by atoms with Gasteiger partial charge in [-0.05, 0) is 60.9 Å². The van der Waals surface area contributed by atoms with Crippen LogP contribution in [-0.4, -0.2) is 66.4 Å². The second-order valence-corrected chi connectivity index (χ2v) is 9.40. The summed E-state index contributed by atoms with van der Waals surface area (Å²) in [5.41, 5.74) is 10.9. The van der Waals surface area contributed by atoms with Crippen LogP contribution in [0.15, 0.2) is 61.1 Å². The summed E-state index contributed by atoms with van der Waals surface area (Å²) in [4.78, 5) is 28.9. The Kier molecular flexibility index (Phi) is 8.40. The summed E-state index contributed by atoms with van der Waals surface area (Å²) in [6.45, 7) is 1.71. The zero-order valence-electron chi connectivity index (χ0n) is 21.8. The Morgan fingerprint density at radius 1 is 1.13 bits per heavy atom. The van der Waals surface area contributed by atoms with Crippen molar-refractivity contribution in [3.8, 4) is 17.0 Å². The van der Waals surface area contributed by atoms with E-state index in [0.717, 1.165) is 40.7 Å². The summed E-state index contributed by atoms with van der Waals surface area (Å²) in [5, 5.41) is 4.58. The molecule has 3 N–H and O–H groups in total. The van der Waals surface area contributed by atoms with E-state index in [-0.39, 0.29) is 0 Å². The first-order chi connectivity index (χ1) is 18.2. The van der Waals surface area contributed by atoms with Gasteiger partial charge < -0.3 is 25.6 Å². The van der Waals surface area contributed by atoms with Gasteiger partial charge in [0.2, 0.25) is 11.2 Å². The van der Waals surface area contributed by atoms with Crippen molar-refractivity contribution in [3.05, 3.63) is 66.6 Å². The Labute approximate surface area is 226 Å². The van der Waals surface area contributed by atoms with Gasteiger partial charge in [-0.2, -0.15) is 0 Å². The minimum absolute atomic E-state index is 0.384. The Morgan fingerprint density at radius 2 is 1.95 bits per heavy atom. The molecule has 0 unspecified atom stereocenters. The number of aromatic nitrogens is 3. The van der Waals surface area contributed by atoms with Crippen LogP contribution in [0.5, 0.6) is 5.75 Å². The summed E-state index contributed by atoms with van der Waals surface area (Å²) in [7, 11) is 7.68. The Hall–Kier alpha value is -4.21. The van der Waals surface area contributed by atoms with Gasteiger partial charge in [-0.25, -0.2) is 9.97 Å². The van der Waals surface area contributed by atoms with Crippen molar-refractivity contribution >= 4 is 56.7 Å². The highest BCUT2D eigenvalue weighted by Crippen LogP contribution is 2.36. The number of hydrogen-bond acceptors (Lipinski definition) is 9. The molecule has 0 aliphatic rings. The lowest BCUT2D eigenvalue weighted by Gasteiger charge is -2.24. The number of anilines is 4. The van der Waals surface area contributed by atoms with Crippen molar-refractivity contribution in [1.82, 2.24) is 19.9 Å². The monoisotopic (exact) mass is 531 g/mol. The third-order valence-corrected chi connectivity index (χ3v) is 6.14. The number of pyridine rings is 1. The number of nitrogens with two attached hydrogens (primary N) is 1. The van der Waals surface area contributed by atoms with Crippen LogP contribution in [0, 0.1) is 0 Å². The summed E-state index contributed by atoms with van der Waals surface area (Å²) >= 11 is 5.46. The second-order valence-electron chi connectivity index (χ2n) is 9.03. The third-order valence-electron chi connectivity index (χ3n) is 6.01. The maximum absolute atomic E-state index is 11.2. The Morgan fingerprint density at radius 3 is 2.68 bits per heavy atom. The maximum atomic E-state index is 11.2. The van der Waals surface area contributed by atoms with Gasteiger partial charge in [0.05, 0.1) is 29.9 Å². The van der Waals surface area contributed by atoms with E-state index in [2.05, 4.69) is 25.1 Å². The number of rotatable bonds is 10. The largest absolute Gasteiger partial charge is 0.494 e. The molecule has 0 radical (unpaired) electrons. The number of nitrogen functional groups attached to an aromatic ring is 1. The fraction of sp³-hybridized carbons (Fsp3) is 0.214. The number of methoxy groups -OCH3 is 1. The number of likely N-dealkylation sites (N-methyl/N-ethyl adjacent to an activating group) is 2. The van der Waals surface area contributed by atoms with Crippen molar-refractivity contribution < 1.29 is 9.53 Å². The number of nitrogens with one attached hydrogen (secondary N) is 1. The second kappa shape index (κ2) is 11.9. The molecule has 196 valence electrons. The van der Waals surface area contributed by atoms with Gasteiger partial charge in [-0.3, -0.25) is 9.78 Å². The molecule has 9 nitrogen and oxygen atoms in total. The molecule has 2 aromatic carbocycles. The van der Waals surface area contributed by atoms with Gasteiger partial charge >= 0.3 is 0 Å². The number of allylic oxidation sites excluding steroid dienone is 1. The zero-order valence-corrected chi connectivity index (χ0v) is 22.5. The molecule has 0 saturated carbocycles. The highest BCUT2D eigenvalue weighted by Gasteiger charge is 2.14. The molecule has 0 fully saturated rings. The Bertz CT molecular complexity index is 1490. The SMILES string of the molecule is COc1cc(N(C)CCN(C)C)c(N)cc1Nc1nccc(-c2cncc3ccc(/C=C/C(=O)Cl)cc23)n1. The van der Waals surface area contributed by atoms with E-state index in [4.69, 9.17) is 27.1 Å². The first-order valence-corrected chi connectivity index (χ1v) is 12.3. The smallest absolute Gasteiger partial charge is 0.245 e. The summed E-state index contributed by atoms with van der Waals surface area (Å²) in [5.74, 6) is 1.01. The lowest BCUT2D eigenvalue weighted by Crippen LogP contribution is -2.29. The molecule has 0 amide bonds. The van der Waals surface area contributed by atoms with Gasteiger partial charge in [0.25, 0.3) is 0 Å². The number of fused-ring (bicyclic) bond motifs is 1. The normalized spacial score (nSPS) is 11.3. The third kappa shape index (κ3) is 6.37. The first kappa shape index (κ1) is 26.8. The molecule has 10 heteroatoms. The van der Waals surface area contributed by atoms with Crippen LogP contribution < -0.4 is 20.7 Å². The van der Waals surface area contributed by atoms with E-state index in [1.807, 2.05) is 57.5 Å². The van der Waals surface area contributed by atoms with Gasteiger partial charge in [-0.15, -0.1) is 0 Å². The predicted octanol–water partition coefficient (Wildman–Crippen LogP) is 4.80. The molecular weight excluding hydrogens is 502 g/mol. The first-order valence-electron chi connectivity index (χ1n) is 11.9. The molecule has 4 aromatic rings. The van der Waals surface area contributed by atoms with Crippen LogP contribution in [0.2, 0.25) is 0 Å². The minimum Gasteiger partial charge on any atom is -0.494 e. The van der Waals surface area contributed by atoms with Crippen molar-refractivity contribution in [2.45, 2.75) is 0 Å². The van der Waals surface area contributed by atoms with E-state index in [1.54, 1.807) is 31.8 Å². The van der Waals surface area contributed by atoms with E-state index < -0.39 is 5.24 Å². The minimum atomic E-state index is -0.532. The lowest BCUT2D eigenvalue weighted by molar-refractivity contribution is -0.107. The van der Waals surface area contributed by atoms with E-state index in [1.165, 1.54) is 6.08 Å². The molecule has 38 heavy (non-hydrogen) atoms. The van der Waals surface area contributed by atoms with Crippen LogP contribution in [0.1, 0.15) is 5.56 Å². The molecule has 2 aromatic heterocycles. The van der Waals surface area contributed by atoms with Crippen molar-refractivity contribution in [1.29, 1.82) is 0 Å². The zero-order chi connectivity index (χ0) is 27.2. The Balaban J connectivity index is 1.66. The molecule has 0 aliphatic carbocycles. The fourth-order valence-corrected chi connectivity index (χ4v) is 4.06. The summed E-state index contributed by atoms with van der Waals surface area (Å²) in [6, 6.07) is 11.4. The molecule has 0 bridgehead atoms. The molecule has 2 heterocycles. The van der Waals surface area contributed by atoms with Crippen LogP contribution in [-0.2, 0) is 4.79 Å². The van der Waals surface area contributed by atoms with Crippen LogP contribution >= 0.6 is 11.6 Å². The number of ether oxygens (including phenoxy) is 1. The summed E-state index contributed by atoms with van der Waals surface area (Å²) in [6.07, 6.45) is 8.21.